The molecule has 1 atom stereocenters. The summed E-state index contributed by atoms with van der Waals surface area (Å²) in [5.41, 5.74) is 3.50. The molecule has 6 heteroatoms. The number of carbonyl (C=O) groups is 1. The lowest BCUT2D eigenvalue weighted by molar-refractivity contribution is -0.117. The standard InChI is InChI=1S/C22H24N4OS/c1-3-25-20(15-17-9-5-4-6-10-17)23-24-22(25)28-16(2)21(27)26-14-13-18-11-7-8-12-19(18)26/h4-12,16H,3,13-15H2,1-2H3/t16-/m0/s1. The molecule has 3 aromatic rings. The molecule has 0 unspecified atom stereocenters. The van der Waals surface area contributed by atoms with E-state index in [2.05, 4.69) is 39.9 Å². The maximum atomic E-state index is 13.1. The summed E-state index contributed by atoms with van der Waals surface area (Å²) in [6, 6.07) is 18.4. The summed E-state index contributed by atoms with van der Waals surface area (Å²) >= 11 is 1.49. The van der Waals surface area contributed by atoms with Crippen molar-refractivity contribution in [3.8, 4) is 0 Å². The Labute approximate surface area is 169 Å². The van der Waals surface area contributed by atoms with Crippen LogP contribution in [0.1, 0.15) is 30.8 Å². The molecule has 0 saturated carbocycles. The molecule has 0 N–H and O–H groups in total. The van der Waals surface area contributed by atoms with Crippen LogP contribution in [0.5, 0.6) is 0 Å². The number of aromatic nitrogens is 3. The molecule has 2 heterocycles. The highest BCUT2D eigenvalue weighted by Gasteiger charge is 2.29. The Kier molecular flexibility index (Phi) is 5.48. The third kappa shape index (κ3) is 3.69. The van der Waals surface area contributed by atoms with Gasteiger partial charge in [-0.05, 0) is 37.5 Å². The van der Waals surface area contributed by atoms with E-state index in [1.807, 2.05) is 48.2 Å². The molecule has 2 aromatic carbocycles. The molecule has 28 heavy (non-hydrogen) atoms. The van der Waals surface area contributed by atoms with Crippen molar-refractivity contribution >= 4 is 23.4 Å². The fourth-order valence-corrected chi connectivity index (χ4v) is 4.62. The van der Waals surface area contributed by atoms with Crippen LogP contribution < -0.4 is 4.90 Å². The molecule has 1 amide bonds. The van der Waals surface area contributed by atoms with Gasteiger partial charge in [0.1, 0.15) is 5.82 Å². The summed E-state index contributed by atoms with van der Waals surface area (Å²) in [5, 5.41) is 9.37. The first-order chi connectivity index (χ1) is 13.7. The molecule has 1 aliphatic heterocycles. The number of thioether (sulfide) groups is 1. The summed E-state index contributed by atoms with van der Waals surface area (Å²) in [7, 11) is 0. The molecule has 4 rings (SSSR count). The van der Waals surface area contributed by atoms with Crippen LogP contribution in [0, 0.1) is 0 Å². The van der Waals surface area contributed by atoms with Crippen LogP contribution in [-0.2, 0) is 24.2 Å². The zero-order valence-corrected chi connectivity index (χ0v) is 17.0. The Morgan fingerprint density at radius 2 is 1.86 bits per heavy atom. The minimum absolute atomic E-state index is 0.130. The Balaban J connectivity index is 1.49. The van der Waals surface area contributed by atoms with E-state index in [1.165, 1.54) is 22.9 Å². The zero-order valence-electron chi connectivity index (χ0n) is 16.2. The summed E-state index contributed by atoms with van der Waals surface area (Å²) < 4.78 is 2.11. The topological polar surface area (TPSA) is 51.0 Å². The molecule has 0 spiro atoms. The highest BCUT2D eigenvalue weighted by molar-refractivity contribution is 8.00. The zero-order chi connectivity index (χ0) is 19.5. The number of benzene rings is 2. The second kappa shape index (κ2) is 8.19. The smallest absolute Gasteiger partial charge is 0.240 e. The maximum absolute atomic E-state index is 13.1. The van der Waals surface area contributed by atoms with Crippen molar-refractivity contribution in [2.45, 2.75) is 43.6 Å². The predicted molar refractivity (Wildman–Crippen MR) is 113 cm³/mol. The predicted octanol–water partition coefficient (Wildman–Crippen LogP) is 3.96. The van der Waals surface area contributed by atoms with Crippen LogP contribution in [0.25, 0.3) is 0 Å². The molecule has 5 nitrogen and oxygen atoms in total. The van der Waals surface area contributed by atoms with E-state index in [0.29, 0.717) is 0 Å². The Hall–Kier alpha value is -2.60. The number of hydrogen-bond donors (Lipinski definition) is 0. The van der Waals surface area contributed by atoms with Gasteiger partial charge in [0, 0.05) is 25.2 Å². The van der Waals surface area contributed by atoms with E-state index < -0.39 is 0 Å². The van der Waals surface area contributed by atoms with Crippen LogP contribution in [0.2, 0.25) is 0 Å². The molecule has 0 fully saturated rings. The average molecular weight is 393 g/mol. The van der Waals surface area contributed by atoms with Gasteiger partial charge in [-0.15, -0.1) is 10.2 Å². The number of amides is 1. The first-order valence-electron chi connectivity index (χ1n) is 9.69. The molecule has 1 aromatic heterocycles. The van der Waals surface area contributed by atoms with E-state index in [1.54, 1.807) is 0 Å². The van der Waals surface area contributed by atoms with E-state index in [0.717, 1.165) is 42.6 Å². The van der Waals surface area contributed by atoms with Gasteiger partial charge in [-0.1, -0.05) is 60.3 Å². The van der Waals surface area contributed by atoms with Crippen LogP contribution in [-0.4, -0.2) is 32.5 Å². The van der Waals surface area contributed by atoms with Gasteiger partial charge < -0.3 is 9.47 Å². The molecular formula is C22H24N4OS. The molecule has 0 saturated heterocycles. The summed E-state index contributed by atoms with van der Waals surface area (Å²) in [4.78, 5) is 15.0. The second-order valence-corrected chi connectivity index (χ2v) is 8.24. The van der Waals surface area contributed by atoms with Crippen molar-refractivity contribution in [3.63, 3.8) is 0 Å². The van der Waals surface area contributed by atoms with Gasteiger partial charge in [-0.2, -0.15) is 0 Å². The first-order valence-corrected chi connectivity index (χ1v) is 10.6. The number of carbonyl (C=O) groups excluding carboxylic acids is 1. The van der Waals surface area contributed by atoms with Crippen LogP contribution >= 0.6 is 11.8 Å². The third-order valence-electron chi connectivity index (χ3n) is 5.10. The lowest BCUT2D eigenvalue weighted by atomic mass is 10.1. The average Bonchev–Trinajstić information content (AvgIpc) is 3.32. The number of fused-ring (bicyclic) bond motifs is 1. The van der Waals surface area contributed by atoms with Crippen molar-refractivity contribution in [2.75, 3.05) is 11.4 Å². The quantitative estimate of drug-likeness (QED) is 0.596. The summed E-state index contributed by atoms with van der Waals surface area (Å²) in [6.45, 7) is 5.58. The number of hydrogen-bond acceptors (Lipinski definition) is 4. The normalized spacial score (nSPS) is 14.1. The minimum Gasteiger partial charge on any atom is -0.311 e. The Morgan fingerprint density at radius 1 is 1.11 bits per heavy atom. The van der Waals surface area contributed by atoms with Gasteiger partial charge in [0.2, 0.25) is 5.91 Å². The van der Waals surface area contributed by atoms with Crippen LogP contribution in [0.3, 0.4) is 0 Å². The van der Waals surface area contributed by atoms with Crippen LogP contribution in [0.4, 0.5) is 5.69 Å². The van der Waals surface area contributed by atoms with Gasteiger partial charge >= 0.3 is 0 Å². The molecule has 144 valence electrons. The highest BCUT2D eigenvalue weighted by atomic mass is 32.2. The van der Waals surface area contributed by atoms with E-state index >= 15 is 0 Å². The van der Waals surface area contributed by atoms with Crippen molar-refractivity contribution in [3.05, 3.63) is 71.5 Å². The minimum atomic E-state index is -0.217. The molecular weight excluding hydrogens is 368 g/mol. The van der Waals surface area contributed by atoms with E-state index in [4.69, 9.17) is 0 Å². The monoisotopic (exact) mass is 392 g/mol. The maximum Gasteiger partial charge on any atom is 0.240 e. The number of rotatable bonds is 6. The fourth-order valence-electron chi connectivity index (χ4n) is 3.63. The summed E-state index contributed by atoms with van der Waals surface area (Å²) in [6.07, 6.45) is 1.66. The Morgan fingerprint density at radius 3 is 2.64 bits per heavy atom. The van der Waals surface area contributed by atoms with Gasteiger partial charge in [0.05, 0.1) is 5.25 Å². The molecule has 0 radical (unpaired) electrons. The third-order valence-corrected chi connectivity index (χ3v) is 6.17. The molecule has 0 aliphatic carbocycles. The van der Waals surface area contributed by atoms with Crippen LogP contribution in [0.15, 0.2) is 59.8 Å². The summed E-state index contributed by atoms with van der Waals surface area (Å²) in [5.74, 6) is 1.06. The SMILES string of the molecule is CCn1c(Cc2ccccc2)nnc1S[C@@H](C)C(=O)N1CCc2ccccc21. The molecule has 1 aliphatic rings. The lowest BCUT2D eigenvalue weighted by Crippen LogP contribution is -2.35. The first kappa shape index (κ1) is 18.7. The largest absolute Gasteiger partial charge is 0.311 e. The van der Waals surface area contributed by atoms with Crippen molar-refractivity contribution in [1.29, 1.82) is 0 Å². The Bertz CT molecular complexity index is 970. The van der Waals surface area contributed by atoms with Gasteiger partial charge in [0.25, 0.3) is 0 Å². The van der Waals surface area contributed by atoms with Crippen molar-refractivity contribution < 1.29 is 4.79 Å². The number of para-hydroxylation sites is 1. The van der Waals surface area contributed by atoms with Gasteiger partial charge in [-0.25, -0.2) is 0 Å². The van der Waals surface area contributed by atoms with Gasteiger partial charge in [0.15, 0.2) is 5.16 Å². The number of anilines is 1. The fraction of sp³-hybridized carbons (Fsp3) is 0.318. The van der Waals surface area contributed by atoms with Crippen molar-refractivity contribution in [2.24, 2.45) is 0 Å². The van der Waals surface area contributed by atoms with E-state index in [-0.39, 0.29) is 11.2 Å². The lowest BCUT2D eigenvalue weighted by Gasteiger charge is -2.21. The van der Waals surface area contributed by atoms with Gasteiger partial charge in [-0.3, -0.25) is 4.79 Å². The molecule has 0 bridgehead atoms. The van der Waals surface area contributed by atoms with E-state index in [9.17, 15) is 4.79 Å². The second-order valence-electron chi connectivity index (χ2n) is 6.93. The number of nitrogens with zero attached hydrogens (tertiary/aromatic N) is 4. The van der Waals surface area contributed by atoms with Crippen molar-refractivity contribution in [1.82, 2.24) is 14.8 Å². The highest BCUT2D eigenvalue weighted by Crippen LogP contribution is 2.31.